The third-order valence-corrected chi connectivity index (χ3v) is 4.22. The Labute approximate surface area is 128 Å². The number of aliphatic carboxylic acids is 1. The topological polar surface area (TPSA) is 60.9 Å². The molecule has 2 amide bonds. The van der Waals surface area contributed by atoms with E-state index < -0.39 is 5.97 Å². The largest absolute Gasteiger partial charge is 0.481 e. The van der Waals surface area contributed by atoms with Crippen LogP contribution in [0.15, 0.2) is 0 Å². The van der Waals surface area contributed by atoms with Gasteiger partial charge in [-0.2, -0.15) is 0 Å². The van der Waals surface area contributed by atoms with Crippen LogP contribution < -0.4 is 0 Å². The highest BCUT2D eigenvalue weighted by Crippen LogP contribution is 2.22. The third-order valence-electron chi connectivity index (χ3n) is 4.22. The zero-order valence-corrected chi connectivity index (χ0v) is 13.7. The van der Waals surface area contributed by atoms with E-state index in [0.717, 1.165) is 38.6 Å². The summed E-state index contributed by atoms with van der Waals surface area (Å²) in [5.41, 5.74) is 0. The molecule has 5 nitrogen and oxygen atoms in total. The fourth-order valence-corrected chi connectivity index (χ4v) is 2.86. The molecule has 0 atom stereocenters. The SMILES string of the molecule is CCCCCN(C(=O)N1CCC(CC(=O)O)CC1)C(C)C. The normalized spacial score (nSPS) is 16.3. The van der Waals surface area contributed by atoms with Crippen LogP contribution in [0, 0.1) is 5.92 Å². The monoisotopic (exact) mass is 298 g/mol. The second kappa shape index (κ2) is 8.90. The first-order valence-corrected chi connectivity index (χ1v) is 8.23. The molecule has 1 fully saturated rings. The lowest BCUT2D eigenvalue weighted by Crippen LogP contribution is -2.49. The van der Waals surface area contributed by atoms with Crippen LogP contribution in [0.2, 0.25) is 0 Å². The number of hydrogen-bond acceptors (Lipinski definition) is 2. The van der Waals surface area contributed by atoms with Crippen molar-refractivity contribution in [2.24, 2.45) is 5.92 Å². The Bertz CT molecular complexity index is 336. The first-order chi connectivity index (χ1) is 9.95. The van der Waals surface area contributed by atoms with Crippen LogP contribution >= 0.6 is 0 Å². The summed E-state index contributed by atoms with van der Waals surface area (Å²) in [5.74, 6) is -0.512. The molecule has 0 aliphatic carbocycles. The number of rotatable bonds is 7. The van der Waals surface area contributed by atoms with E-state index in [0.29, 0.717) is 13.1 Å². The lowest BCUT2D eigenvalue weighted by atomic mass is 9.94. The molecular formula is C16H30N2O3. The van der Waals surface area contributed by atoms with E-state index in [1.807, 2.05) is 9.80 Å². The summed E-state index contributed by atoms with van der Waals surface area (Å²) in [6, 6.07) is 0.334. The highest BCUT2D eigenvalue weighted by Gasteiger charge is 2.28. The number of unbranched alkanes of at least 4 members (excludes halogenated alkanes) is 2. The Balaban J connectivity index is 2.47. The van der Waals surface area contributed by atoms with Gasteiger partial charge in [0.2, 0.25) is 0 Å². The molecule has 1 rings (SSSR count). The first kappa shape index (κ1) is 17.8. The van der Waals surface area contributed by atoms with Gasteiger partial charge in [0.25, 0.3) is 0 Å². The van der Waals surface area contributed by atoms with E-state index in [9.17, 15) is 9.59 Å². The van der Waals surface area contributed by atoms with Gasteiger partial charge in [0, 0.05) is 32.1 Å². The molecule has 1 heterocycles. The van der Waals surface area contributed by atoms with E-state index in [4.69, 9.17) is 5.11 Å². The van der Waals surface area contributed by atoms with Crippen molar-refractivity contribution in [2.45, 2.75) is 65.3 Å². The average Bonchev–Trinajstić information content (AvgIpc) is 2.43. The lowest BCUT2D eigenvalue weighted by molar-refractivity contribution is -0.138. The second-order valence-electron chi connectivity index (χ2n) is 6.31. The average molecular weight is 298 g/mol. The summed E-state index contributed by atoms with van der Waals surface area (Å²) in [6.45, 7) is 8.47. The zero-order chi connectivity index (χ0) is 15.8. The van der Waals surface area contributed by atoms with E-state index in [1.165, 1.54) is 0 Å². The summed E-state index contributed by atoms with van der Waals surface area (Å²) in [6.07, 6.45) is 5.19. The fourth-order valence-electron chi connectivity index (χ4n) is 2.86. The maximum Gasteiger partial charge on any atom is 0.320 e. The highest BCUT2D eigenvalue weighted by atomic mass is 16.4. The molecule has 1 N–H and O–H groups in total. The fraction of sp³-hybridized carbons (Fsp3) is 0.875. The number of piperidine rings is 1. The summed E-state index contributed by atoms with van der Waals surface area (Å²) in [4.78, 5) is 27.2. The van der Waals surface area contributed by atoms with E-state index in [1.54, 1.807) is 0 Å². The predicted molar refractivity (Wildman–Crippen MR) is 83.3 cm³/mol. The van der Waals surface area contributed by atoms with Crippen molar-refractivity contribution in [1.82, 2.24) is 9.80 Å². The number of carbonyl (C=O) groups is 2. The van der Waals surface area contributed by atoms with Crippen LogP contribution in [-0.2, 0) is 4.79 Å². The van der Waals surface area contributed by atoms with Gasteiger partial charge in [0.15, 0.2) is 0 Å². The molecule has 0 aromatic heterocycles. The molecule has 0 spiro atoms. The number of amides is 2. The summed E-state index contributed by atoms with van der Waals surface area (Å²) >= 11 is 0. The molecule has 1 saturated heterocycles. The molecule has 0 aromatic carbocycles. The van der Waals surface area contributed by atoms with Crippen LogP contribution in [0.5, 0.6) is 0 Å². The van der Waals surface area contributed by atoms with Crippen LogP contribution in [0.4, 0.5) is 4.79 Å². The minimum absolute atomic E-state index is 0.120. The summed E-state index contributed by atoms with van der Waals surface area (Å²) in [5, 5.41) is 8.83. The lowest BCUT2D eigenvalue weighted by Gasteiger charge is -2.37. The van der Waals surface area contributed by atoms with Crippen molar-refractivity contribution in [3.8, 4) is 0 Å². The number of carbonyl (C=O) groups excluding carboxylic acids is 1. The zero-order valence-electron chi connectivity index (χ0n) is 13.7. The van der Waals surface area contributed by atoms with Gasteiger partial charge < -0.3 is 14.9 Å². The van der Waals surface area contributed by atoms with Crippen molar-refractivity contribution in [2.75, 3.05) is 19.6 Å². The Morgan fingerprint density at radius 1 is 1.24 bits per heavy atom. The van der Waals surface area contributed by atoms with Gasteiger partial charge in [0.05, 0.1) is 0 Å². The maximum absolute atomic E-state index is 12.6. The Kier molecular flexibility index (Phi) is 7.54. The van der Waals surface area contributed by atoms with Gasteiger partial charge in [-0.05, 0) is 39.0 Å². The van der Waals surface area contributed by atoms with Gasteiger partial charge in [-0.1, -0.05) is 19.8 Å². The molecule has 1 aliphatic rings. The van der Waals surface area contributed by atoms with Gasteiger partial charge >= 0.3 is 12.0 Å². The predicted octanol–water partition coefficient (Wildman–Crippen LogP) is 3.19. The molecule has 0 bridgehead atoms. The van der Waals surface area contributed by atoms with Gasteiger partial charge in [-0.25, -0.2) is 4.79 Å². The smallest absolute Gasteiger partial charge is 0.320 e. The van der Waals surface area contributed by atoms with Gasteiger partial charge in [-0.3, -0.25) is 4.79 Å². The second-order valence-corrected chi connectivity index (χ2v) is 6.31. The Morgan fingerprint density at radius 3 is 2.33 bits per heavy atom. The first-order valence-electron chi connectivity index (χ1n) is 8.23. The van der Waals surface area contributed by atoms with Crippen molar-refractivity contribution < 1.29 is 14.7 Å². The Hall–Kier alpha value is -1.26. The number of carboxylic acid groups (broad SMARTS) is 1. The van der Waals surface area contributed by atoms with Gasteiger partial charge in [0.1, 0.15) is 0 Å². The molecule has 0 unspecified atom stereocenters. The highest BCUT2D eigenvalue weighted by molar-refractivity contribution is 5.75. The molecular weight excluding hydrogens is 268 g/mol. The minimum atomic E-state index is -0.733. The van der Waals surface area contributed by atoms with Crippen LogP contribution in [0.1, 0.15) is 59.3 Å². The molecule has 122 valence electrons. The molecule has 0 saturated carbocycles. The summed E-state index contributed by atoms with van der Waals surface area (Å²) < 4.78 is 0. The molecule has 5 heteroatoms. The van der Waals surface area contributed by atoms with E-state index in [2.05, 4.69) is 20.8 Å². The molecule has 0 aromatic rings. The van der Waals surface area contributed by atoms with E-state index >= 15 is 0 Å². The van der Waals surface area contributed by atoms with Crippen molar-refractivity contribution in [1.29, 1.82) is 0 Å². The van der Waals surface area contributed by atoms with Crippen molar-refractivity contribution in [3.05, 3.63) is 0 Å². The van der Waals surface area contributed by atoms with Crippen molar-refractivity contribution >= 4 is 12.0 Å². The summed E-state index contributed by atoms with van der Waals surface area (Å²) in [7, 11) is 0. The standard InChI is InChI=1S/C16H30N2O3/c1-4-5-6-9-18(13(2)3)16(21)17-10-7-14(8-11-17)12-15(19)20/h13-14H,4-12H2,1-3H3,(H,19,20). The quantitative estimate of drug-likeness (QED) is 0.734. The van der Waals surface area contributed by atoms with Gasteiger partial charge in [-0.15, -0.1) is 0 Å². The maximum atomic E-state index is 12.6. The van der Waals surface area contributed by atoms with Crippen LogP contribution in [-0.4, -0.2) is 52.6 Å². The van der Waals surface area contributed by atoms with Crippen LogP contribution in [0.25, 0.3) is 0 Å². The molecule has 1 aliphatic heterocycles. The Morgan fingerprint density at radius 2 is 1.86 bits per heavy atom. The number of nitrogens with zero attached hydrogens (tertiary/aromatic N) is 2. The third kappa shape index (κ3) is 5.94. The minimum Gasteiger partial charge on any atom is -0.481 e. The number of carboxylic acids is 1. The number of urea groups is 1. The number of likely N-dealkylation sites (tertiary alicyclic amines) is 1. The van der Waals surface area contributed by atoms with Crippen molar-refractivity contribution in [3.63, 3.8) is 0 Å². The van der Waals surface area contributed by atoms with E-state index in [-0.39, 0.29) is 24.4 Å². The number of hydrogen-bond donors (Lipinski definition) is 1. The molecule has 21 heavy (non-hydrogen) atoms. The van der Waals surface area contributed by atoms with Crippen LogP contribution in [0.3, 0.4) is 0 Å². The molecule has 0 radical (unpaired) electrons.